The van der Waals surface area contributed by atoms with Crippen molar-refractivity contribution in [3.63, 3.8) is 0 Å². The molecule has 0 atom stereocenters. The summed E-state index contributed by atoms with van der Waals surface area (Å²) in [6.07, 6.45) is 4.01. The Balaban J connectivity index is 0.00000261. The predicted molar refractivity (Wildman–Crippen MR) is 127 cm³/mol. The number of rotatable bonds is 7. The van der Waals surface area contributed by atoms with Crippen LogP contribution in [0.3, 0.4) is 0 Å². The van der Waals surface area contributed by atoms with Crippen LogP contribution in [-0.4, -0.2) is 41.1 Å². The van der Waals surface area contributed by atoms with Crippen LogP contribution in [0.25, 0.3) is 11.0 Å². The number of thioether (sulfide) groups is 1. The summed E-state index contributed by atoms with van der Waals surface area (Å²) in [5, 5.41) is 6.65. The van der Waals surface area contributed by atoms with E-state index in [9.17, 15) is 0 Å². The third-order valence-electron chi connectivity index (χ3n) is 4.19. The van der Waals surface area contributed by atoms with E-state index in [1.807, 2.05) is 30.2 Å². The van der Waals surface area contributed by atoms with E-state index in [1.54, 1.807) is 7.05 Å². The van der Waals surface area contributed by atoms with Crippen molar-refractivity contribution >= 4 is 52.7 Å². The first-order chi connectivity index (χ1) is 12.8. The van der Waals surface area contributed by atoms with E-state index < -0.39 is 0 Å². The van der Waals surface area contributed by atoms with E-state index in [2.05, 4.69) is 67.8 Å². The van der Waals surface area contributed by atoms with E-state index in [0.29, 0.717) is 0 Å². The molecule has 0 unspecified atom stereocenters. The van der Waals surface area contributed by atoms with Crippen LogP contribution in [0, 0.1) is 0 Å². The molecule has 0 saturated carbocycles. The molecular formula is C20H26IN5S. The number of aliphatic imine (C=N–C) groups is 1. The first-order valence-corrected chi connectivity index (χ1v) is 10.1. The molecular weight excluding hydrogens is 469 g/mol. The molecule has 3 aromatic rings. The largest absolute Gasteiger partial charge is 0.356 e. The number of nitrogens with one attached hydrogen (secondary N) is 2. The van der Waals surface area contributed by atoms with Crippen LogP contribution in [0.15, 0.2) is 59.9 Å². The van der Waals surface area contributed by atoms with Crippen molar-refractivity contribution in [3.8, 4) is 0 Å². The van der Waals surface area contributed by atoms with Crippen molar-refractivity contribution in [2.45, 2.75) is 13.1 Å². The molecule has 144 valence electrons. The quantitative estimate of drug-likeness (QED) is 0.227. The zero-order chi connectivity index (χ0) is 18.2. The van der Waals surface area contributed by atoms with Gasteiger partial charge < -0.3 is 15.2 Å². The van der Waals surface area contributed by atoms with E-state index in [-0.39, 0.29) is 24.0 Å². The molecule has 2 N–H and O–H groups in total. The fraction of sp³-hybridized carbons (Fsp3) is 0.300. The van der Waals surface area contributed by atoms with E-state index in [4.69, 9.17) is 0 Å². The molecule has 2 aromatic carbocycles. The predicted octanol–water partition coefficient (Wildman–Crippen LogP) is 3.73. The summed E-state index contributed by atoms with van der Waals surface area (Å²) in [6.45, 7) is 2.50. The second kappa shape index (κ2) is 11.2. The van der Waals surface area contributed by atoms with Crippen LogP contribution in [0.1, 0.15) is 11.1 Å². The lowest BCUT2D eigenvalue weighted by molar-refractivity contribution is 0.816. The number of guanidine groups is 1. The van der Waals surface area contributed by atoms with Crippen molar-refractivity contribution in [1.29, 1.82) is 0 Å². The van der Waals surface area contributed by atoms with Gasteiger partial charge in [-0.1, -0.05) is 36.4 Å². The Bertz CT molecular complexity index is 860. The minimum Gasteiger partial charge on any atom is -0.356 e. The van der Waals surface area contributed by atoms with Gasteiger partial charge in [0.05, 0.1) is 17.4 Å². The minimum atomic E-state index is 0. The summed E-state index contributed by atoms with van der Waals surface area (Å²) >= 11 is 1.82. The first-order valence-electron chi connectivity index (χ1n) is 8.71. The Morgan fingerprint density at radius 3 is 2.56 bits per heavy atom. The Hall–Kier alpha value is -1.74. The zero-order valence-corrected chi connectivity index (χ0v) is 18.8. The van der Waals surface area contributed by atoms with Gasteiger partial charge in [-0.3, -0.25) is 4.99 Å². The third-order valence-corrected chi connectivity index (χ3v) is 4.80. The number of hydrogen-bond acceptors (Lipinski definition) is 3. The molecule has 0 amide bonds. The molecule has 7 heteroatoms. The van der Waals surface area contributed by atoms with E-state index in [0.717, 1.165) is 36.9 Å². The molecule has 0 saturated heterocycles. The lowest BCUT2D eigenvalue weighted by Gasteiger charge is -2.12. The molecule has 0 fully saturated rings. The Morgan fingerprint density at radius 2 is 1.81 bits per heavy atom. The van der Waals surface area contributed by atoms with Crippen LogP contribution >= 0.6 is 35.7 Å². The summed E-state index contributed by atoms with van der Waals surface area (Å²) in [4.78, 5) is 8.70. The molecule has 1 aromatic heterocycles. The van der Waals surface area contributed by atoms with Gasteiger partial charge in [0.1, 0.15) is 0 Å². The molecule has 0 aliphatic heterocycles. The third kappa shape index (κ3) is 6.14. The number of benzene rings is 2. The second-order valence-electron chi connectivity index (χ2n) is 6.02. The summed E-state index contributed by atoms with van der Waals surface area (Å²) in [6, 6.07) is 16.9. The average Bonchev–Trinajstić information content (AvgIpc) is 3.09. The van der Waals surface area contributed by atoms with Crippen LogP contribution in [-0.2, 0) is 13.1 Å². The summed E-state index contributed by atoms with van der Waals surface area (Å²) in [5.74, 6) is 1.91. The number of imidazole rings is 1. The summed E-state index contributed by atoms with van der Waals surface area (Å²) in [5.41, 5.74) is 4.70. The highest BCUT2D eigenvalue weighted by molar-refractivity contribution is 14.0. The van der Waals surface area contributed by atoms with Crippen molar-refractivity contribution in [2.24, 2.45) is 4.99 Å². The normalized spacial score (nSPS) is 11.3. The van der Waals surface area contributed by atoms with E-state index >= 15 is 0 Å². The number of fused-ring (bicyclic) bond motifs is 1. The SMILES string of the molecule is CN=C(NCCSC)NCc1ccc(Cn2cnc3ccccc32)cc1.I. The van der Waals surface area contributed by atoms with Gasteiger partial charge in [0, 0.05) is 32.4 Å². The van der Waals surface area contributed by atoms with Crippen LogP contribution in [0.4, 0.5) is 0 Å². The number of nitrogens with zero attached hydrogens (tertiary/aromatic N) is 3. The fourth-order valence-electron chi connectivity index (χ4n) is 2.77. The molecule has 0 aliphatic carbocycles. The highest BCUT2D eigenvalue weighted by Crippen LogP contribution is 2.14. The van der Waals surface area contributed by atoms with Crippen LogP contribution in [0.5, 0.6) is 0 Å². The van der Waals surface area contributed by atoms with Gasteiger partial charge in [0.15, 0.2) is 5.96 Å². The van der Waals surface area contributed by atoms with Gasteiger partial charge in [-0.25, -0.2) is 4.98 Å². The highest BCUT2D eigenvalue weighted by atomic mass is 127. The zero-order valence-electron chi connectivity index (χ0n) is 15.7. The standard InChI is InChI=1S/C20H25N5S.HI/c1-21-20(22-11-12-26-2)23-13-16-7-9-17(10-8-16)14-25-15-24-18-5-3-4-6-19(18)25;/h3-10,15H,11-14H2,1-2H3,(H2,21,22,23);1H. The highest BCUT2D eigenvalue weighted by Gasteiger charge is 2.03. The van der Waals surface area contributed by atoms with Crippen molar-refractivity contribution in [2.75, 3.05) is 25.6 Å². The van der Waals surface area contributed by atoms with Crippen molar-refractivity contribution < 1.29 is 0 Å². The van der Waals surface area contributed by atoms with Gasteiger partial charge in [0.2, 0.25) is 0 Å². The molecule has 0 aliphatic rings. The number of para-hydroxylation sites is 2. The smallest absolute Gasteiger partial charge is 0.191 e. The Kier molecular flexibility index (Phi) is 8.93. The van der Waals surface area contributed by atoms with Gasteiger partial charge in [-0.05, 0) is 29.5 Å². The second-order valence-corrected chi connectivity index (χ2v) is 7.01. The minimum absolute atomic E-state index is 0. The fourth-order valence-corrected chi connectivity index (χ4v) is 3.08. The maximum atomic E-state index is 4.45. The van der Waals surface area contributed by atoms with Gasteiger partial charge in [0.25, 0.3) is 0 Å². The van der Waals surface area contributed by atoms with Crippen LogP contribution < -0.4 is 10.6 Å². The van der Waals surface area contributed by atoms with E-state index in [1.165, 1.54) is 16.6 Å². The number of hydrogen-bond donors (Lipinski definition) is 2. The molecule has 0 radical (unpaired) electrons. The molecule has 27 heavy (non-hydrogen) atoms. The first kappa shape index (κ1) is 21.6. The molecule has 1 heterocycles. The van der Waals surface area contributed by atoms with Crippen LogP contribution in [0.2, 0.25) is 0 Å². The lowest BCUT2D eigenvalue weighted by atomic mass is 10.1. The summed E-state index contributed by atoms with van der Waals surface area (Å²) in [7, 11) is 1.80. The van der Waals surface area contributed by atoms with Gasteiger partial charge >= 0.3 is 0 Å². The lowest BCUT2D eigenvalue weighted by Crippen LogP contribution is -2.37. The maximum Gasteiger partial charge on any atom is 0.191 e. The molecule has 0 bridgehead atoms. The van der Waals surface area contributed by atoms with Gasteiger partial charge in [-0.15, -0.1) is 24.0 Å². The molecule has 5 nitrogen and oxygen atoms in total. The number of halogens is 1. The number of aromatic nitrogens is 2. The van der Waals surface area contributed by atoms with Crippen molar-refractivity contribution in [3.05, 3.63) is 66.0 Å². The topological polar surface area (TPSA) is 54.2 Å². The maximum absolute atomic E-state index is 4.45. The monoisotopic (exact) mass is 495 g/mol. The van der Waals surface area contributed by atoms with Gasteiger partial charge in [-0.2, -0.15) is 11.8 Å². The molecule has 0 spiro atoms. The Morgan fingerprint density at radius 1 is 1.07 bits per heavy atom. The molecule has 3 rings (SSSR count). The summed E-state index contributed by atoms with van der Waals surface area (Å²) < 4.78 is 2.18. The van der Waals surface area contributed by atoms with Crippen molar-refractivity contribution in [1.82, 2.24) is 20.2 Å². The average molecular weight is 495 g/mol. The Labute approximate surface area is 182 Å².